The number of benzene rings is 2. The van der Waals surface area contributed by atoms with Crippen molar-refractivity contribution in [3.63, 3.8) is 0 Å². The van der Waals surface area contributed by atoms with Crippen molar-refractivity contribution in [1.29, 1.82) is 0 Å². The molecular weight excluding hydrogens is 502 g/mol. The van der Waals surface area contributed by atoms with Gasteiger partial charge in [0.15, 0.2) is 0 Å². The molecule has 0 unspecified atom stereocenters. The van der Waals surface area contributed by atoms with Gasteiger partial charge < -0.3 is 15.0 Å². The Morgan fingerprint density at radius 3 is 2.36 bits per heavy atom. The summed E-state index contributed by atoms with van der Waals surface area (Å²) in [6.45, 7) is 7.01. The number of hydrogen-bond donors (Lipinski definition) is 1. The standard InChI is InChI=1S/C26H36ClN3O5S/c1-7-18(3)28-26(32)23(8-2)29(16-20-11-9-12-21(15-20)35-5)25(31)17-30(36(6,33)34)24-14-10-13-22(27)19(24)4/h9-15,18,23H,7-8,16-17H2,1-6H3,(H,28,32)/t18-,23+/m1/s1. The number of methoxy groups -OCH3 is 1. The molecule has 0 bridgehead atoms. The fourth-order valence-electron chi connectivity index (χ4n) is 3.79. The van der Waals surface area contributed by atoms with Crippen molar-refractivity contribution in [3.05, 3.63) is 58.6 Å². The molecule has 0 spiro atoms. The number of carbonyl (C=O) groups excluding carboxylic acids is 2. The molecular formula is C26H36ClN3O5S. The molecule has 2 atom stereocenters. The number of amides is 2. The van der Waals surface area contributed by atoms with E-state index in [0.29, 0.717) is 28.4 Å². The lowest BCUT2D eigenvalue weighted by molar-refractivity contribution is -0.140. The third-order valence-corrected chi connectivity index (χ3v) is 7.60. The summed E-state index contributed by atoms with van der Waals surface area (Å²) in [4.78, 5) is 28.4. The SMILES string of the molecule is CC[C@@H](C)NC(=O)[C@H](CC)N(Cc1cccc(OC)c1)C(=O)CN(c1cccc(Cl)c1C)S(C)(=O)=O. The highest BCUT2D eigenvalue weighted by Crippen LogP contribution is 2.28. The van der Waals surface area contributed by atoms with E-state index in [1.807, 2.05) is 26.8 Å². The van der Waals surface area contributed by atoms with Crippen LogP contribution in [0.5, 0.6) is 5.75 Å². The first-order chi connectivity index (χ1) is 16.9. The number of nitrogens with zero attached hydrogens (tertiary/aromatic N) is 2. The fourth-order valence-corrected chi connectivity index (χ4v) is 4.86. The highest BCUT2D eigenvalue weighted by Gasteiger charge is 2.32. The van der Waals surface area contributed by atoms with E-state index >= 15 is 0 Å². The number of anilines is 1. The number of carbonyl (C=O) groups is 2. The van der Waals surface area contributed by atoms with E-state index in [4.69, 9.17) is 16.3 Å². The summed E-state index contributed by atoms with van der Waals surface area (Å²) in [6.07, 6.45) is 2.13. The highest BCUT2D eigenvalue weighted by molar-refractivity contribution is 7.92. The predicted octanol–water partition coefficient (Wildman–Crippen LogP) is 4.15. The first kappa shape index (κ1) is 29.5. The van der Waals surface area contributed by atoms with Crippen molar-refractivity contribution in [2.45, 2.75) is 59.2 Å². The molecule has 0 fully saturated rings. The molecule has 0 aromatic heterocycles. The van der Waals surface area contributed by atoms with Gasteiger partial charge in [-0.15, -0.1) is 0 Å². The van der Waals surface area contributed by atoms with E-state index in [2.05, 4.69) is 5.32 Å². The number of sulfonamides is 1. The Labute approximate surface area is 219 Å². The first-order valence-corrected chi connectivity index (χ1v) is 14.1. The van der Waals surface area contributed by atoms with Gasteiger partial charge in [-0.05, 0) is 62.1 Å². The van der Waals surface area contributed by atoms with Gasteiger partial charge in [0, 0.05) is 17.6 Å². The first-order valence-electron chi connectivity index (χ1n) is 11.9. The van der Waals surface area contributed by atoms with Gasteiger partial charge in [0.1, 0.15) is 18.3 Å². The van der Waals surface area contributed by atoms with Crippen molar-refractivity contribution in [3.8, 4) is 5.75 Å². The van der Waals surface area contributed by atoms with E-state index < -0.39 is 28.5 Å². The Hall–Kier alpha value is -2.78. The molecule has 36 heavy (non-hydrogen) atoms. The average molecular weight is 538 g/mol. The van der Waals surface area contributed by atoms with Crippen LogP contribution < -0.4 is 14.4 Å². The molecule has 0 aliphatic rings. The Morgan fingerprint density at radius 1 is 1.11 bits per heavy atom. The summed E-state index contributed by atoms with van der Waals surface area (Å²) in [5.74, 6) is -0.175. The monoisotopic (exact) mass is 537 g/mol. The van der Waals surface area contributed by atoms with Crippen LogP contribution in [0.15, 0.2) is 42.5 Å². The van der Waals surface area contributed by atoms with Crippen molar-refractivity contribution in [1.82, 2.24) is 10.2 Å². The van der Waals surface area contributed by atoms with E-state index in [-0.39, 0.29) is 18.5 Å². The lowest BCUT2D eigenvalue weighted by Gasteiger charge is -2.33. The predicted molar refractivity (Wildman–Crippen MR) is 144 cm³/mol. The smallest absolute Gasteiger partial charge is 0.244 e. The maximum Gasteiger partial charge on any atom is 0.244 e. The van der Waals surface area contributed by atoms with Gasteiger partial charge in [0.2, 0.25) is 21.8 Å². The number of ether oxygens (including phenoxy) is 1. The van der Waals surface area contributed by atoms with Crippen molar-refractivity contribution in [2.75, 3.05) is 24.2 Å². The quantitative estimate of drug-likeness (QED) is 0.439. The minimum Gasteiger partial charge on any atom is -0.497 e. The summed E-state index contributed by atoms with van der Waals surface area (Å²) in [6, 6.07) is 11.2. The van der Waals surface area contributed by atoms with Crippen LogP contribution in [0.25, 0.3) is 0 Å². The number of halogens is 1. The summed E-state index contributed by atoms with van der Waals surface area (Å²) < 4.78 is 31.9. The number of nitrogens with one attached hydrogen (secondary N) is 1. The normalized spacial score (nSPS) is 13.0. The van der Waals surface area contributed by atoms with Crippen molar-refractivity contribution < 1.29 is 22.7 Å². The minimum absolute atomic E-state index is 0.0676. The van der Waals surface area contributed by atoms with Crippen LogP contribution in [0.2, 0.25) is 5.02 Å². The van der Waals surface area contributed by atoms with E-state index in [1.54, 1.807) is 50.4 Å². The van der Waals surface area contributed by atoms with Crippen molar-refractivity contribution >= 4 is 39.1 Å². The molecule has 0 aliphatic carbocycles. The molecule has 0 saturated carbocycles. The second kappa shape index (κ2) is 13.0. The lowest BCUT2D eigenvalue weighted by atomic mass is 10.1. The largest absolute Gasteiger partial charge is 0.497 e. The van der Waals surface area contributed by atoms with Gasteiger partial charge in [-0.2, -0.15) is 0 Å². The van der Waals surface area contributed by atoms with Crippen LogP contribution in [0, 0.1) is 6.92 Å². The Morgan fingerprint density at radius 2 is 1.78 bits per heavy atom. The second-order valence-electron chi connectivity index (χ2n) is 8.77. The summed E-state index contributed by atoms with van der Waals surface area (Å²) in [7, 11) is -2.29. The zero-order chi connectivity index (χ0) is 27.0. The molecule has 8 nitrogen and oxygen atoms in total. The highest BCUT2D eigenvalue weighted by atomic mass is 35.5. The molecule has 198 valence electrons. The van der Waals surface area contributed by atoms with Crippen LogP contribution in [0.3, 0.4) is 0 Å². The summed E-state index contributed by atoms with van der Waals surface area (Å²) in [5, 5.41) is 3.34. The molecule has 0 aliphatic heterocycles. The summed E-state index contributed by atoms with van der Waals surface area (Å²) >= 11 is 6.24. The van der Waals surface area contributed by atoms with Crippen LogP contribution in [-0.2, 0) is 26.2 Å². The number of rotatable bonds is 12. The Bertz CT molecular complexity index is 1170. The third-order valence-electron chi connectivity index (χ3n) is 6.06. The van der Waals surface area contributed by atoms with Crippen LogP contribution in [-0.4, -0.2) is 57.1 Å². The molecule has 2 aromatic carbocycles. The number of hydrogen-bond acceptors (Lipinski definition) is 5. The molecule has 2 amide bonds. The Kier molecular flexibility index (Phi) is 10.6. The van der Waals surface area contributed by atoms with Crippen molar-refractivity contribution in [2.24, 2.45) is 0 Å². The molecule has 2 aromatic rings. The van der Waals surface area contributed by atoms with Gasteiger partial charge in [0.25, 0.3) is 0 Å². The fraction of sp³-hybridized carbons (Fsp3) is 0.462. The zero-order valence-electron chi connectivity index (χ0n) is 21.7. The summed E-state index contributed by atoms with van der Waals surface area (Å²) in [5.41, 5.74) is 1.61. The minimum atomic E-state index is -3.84. The molecule has 2 rings (SSSR count). The van der Waals surface area contributed by atoms with Crippen LogP contribution in [0.4, 0.5) is 5.69 Å². The molecule has 0 heterocycles. The Balaban J connectivity index is 2.50. The van der Waals surface area contributed by atoms with E-state index in [9.17, 15) is 18.0 Å². The maximum absolute atomic E-state index is 13.8. The van der Waals surface area contributed by atoms with Gasteiger partial charge in [-0.25, -0.2) is 8.42 Å². The van der Waals surface area contributed by atoms with Gasteiger partial charge in [0.05, 0.1) is 19.1 Å². The third kappa shape index (κ3) is 7.61. The topological polar surface area (TPSA) is 96.0 Å². The van der Waals surface area contributed by atoms with E-state index in [1.165, 1.54) is 4.90 Å². The van der Waals surface area contributed by atoms with Gasteiger partial charge in [-0.1, -0.05) is 43.6 Å². The molecule has 10 heteroatoms. The second-order valence-corrected chi connectivity index (χ2v) is 11.1. The molecule has 1 N–H and O–H groups in total. The maximum atomic E-state index is 13.8. The molecule has 0 radical (unpaired) electrons. The molecule has 0 saturated heterocycles. The van der Waals surface area contributed by atoms with Crippen LogP contribution in [0.1, 0.15) is 44.7 Å². The van der Waals surface area contributed by atoms with E-state index in [0.717, 1.165) is 22.5 Å². The van der Waals surface area contributed by atoms with Gasteiger partial charge in [-0.3, -0.25) is 13.9 Å². The average Bonchev–Trinajstić information content (AvgIpc) is 2.83. The van der Waals surface area contributed by atoms with Crippen LogP contribution >= 0.6 is 11.6 Å². The zero-order valence-corrected chi connectivity index (χ0v) is 23.3. The lowest BCUT2D eigenvalue weighted by Crippen LogP contribution is -2.53. The van der Waals surface area contributed by atoms with Gasteiger partial charge >= 0.3 is 0 Å².